The van der Waals surface area contributed by atoms with Gasteiger partial charge in [0.25, 0.3) is 0 Å². The molecule has 0 saturated heterocycles. The lowest BCUT2D eigenvalue weighted by atomic mass is 10.2. The van der Waals surface area contributed by atoms with Crippen LogP contribution >= 0.6 is 0 Å². The molecule has 15 heavy (non-hydrogen) atoms. The molecule has 4 nitrogen and oxygen atoms in total. The fraction of sp³-hybridized carbons (Fsp3) is 0. The molecule has 0 saturated carbocycles. The van der Waals surface area contributed by atoms with Crippen LogP contribution in [0.25, 0.3) is 11.0 Å². The van der Waals surface area contributed by atoms with Gasteiger partial charge >= 0.3 is 0 Å². The van der Waals surface area contributed by atoms with Gasteiger partial charge in [-0.1, -0.05) is 5.16 Å². The van der Waals surface area contributed by atoms with E-state index in [4.69, 9.17) is 9.62 Å². The van der Waals surface area contributed by atoms with Crippen LogP contribution < -0.4 is 5.43 Å². The first-order valence-electron chi connectivity index (χ1n) is 4.11. The Labute approximate surface area is 83.3 Å². The third kappa shape index (κ3) is 1.59. The van der Waals surface area contributed by atoms with Crippen LogP contribution in [-0.4, -0.2) is 11.4 Å². The molecular formula is C10H6FNO3. The van der Waals surface area contributed by atoms with Crippen LogP contribution in [0.1, 0.15) is 5.56 Å². The maximum atomic E-state index is 12.9. The predicted molar refractivity (Wildman–Crippen MR) is 51.8 cm³/mol. The minimum atomic E-state index is -0.520. The van der Waals surface area contributed by atoms with Gasteiger partial charge in [-0.25, -0.2) is 4.39 Å². The van der Waals surface area contributed by atoms with Crippen LogP contribution in [0, 0.1) is 5.82 Å². The zero-order chi connectivity index (χ0) is 10.8. The monoisotopic (exact) mass is 207 g/mol. The molecule has 0 fully saturated rings. The average molecular weight is 207 g/mol. The van der Waals surface area contributed by atoms with Crippen LogP contribution in [0.5, 0.6) is 0 Å². The summed E-state index contributed by atoms with van der Waals surface area (Å²) in [5.41, 5.74) is -0.0827. The molecule has 5 heteroatoms. The summed E-state index contributed by atoms with van der Waals surface area (Å²) in [6.07, 6.45) is 2.10. The Morgan fingerprint density at radius 3 is 3.00 bits per heavy atom. The van der Waals surface area contributed by atoms with E-state index < -0.39 is 11.2 Å². The molecule has 2 aromatic rings. The van der Waals surface area contributed by atoms with Crippen molar-refractivity contribution in [2.24, 2.45) is 5.16 Å². The van der Waals surface area contributed by atoms with Gasteiger partial charge in [-0.3, -0.25) is 4.79 Å². The Balaban J connectivity index is 2.83. The van der Waals surface area contributed by atoms with Crippen molar-refractivity contribution in [1.82, 2.24) is 0 Å². The number of halogens is 1. The van der Waals surface area contributed by atoms with E-state index in [0.29, 0.717) is 0 Å². The number of nitrogens with zero attached hydrogens (tertiary/aromatic N) is 1. The fourth-order valence-corrected chi connectivity index (χ4v) is 1.27. The largest absolute Gasteiger partial charge is 0.463 e. The summed E-state index contributed by atoms with van der Waals surface area (Å²) in [5.74, 6) is -0.520. The highest BCUT2D eigenvalue weighted by Gasteiger charge is 2.06. The highest BCUT2D eigenvalue weighted by Crippen LogP contribution is 2.12. The molecule has 0 amide bonds. The maximum absolute atomic E-state index is 12.9. The lowest BCUT2D eigenvalue weighted by Crippen LogP contribution is -2.08. The molecule has 1 heterocycles. The lowest BCUT2D eigenvalue weighted by Gasteiger charge is -1.97. The fourth-order valence-electron chi connectivity index (χ4n) is 1.27. The molecule has 1 aromatic heterocycles. The second-order valence-corrected chi connectivity index (χ2v) is 2.91. The van der Waals surface area contributed by atoms with Crippen LogP contribution in [-0.2, 0) is 0 Å². The molecule has 0 aliphatic heterocycles. The molecule has 0 aliphatic rings. The summed E-state index contributed by atoms with van der Waals surface area (Å²) < 4.78 is 17.9. The third-order valence-corrected chi connectivity index (χ3v) is 1.96. The number of benzene rings is 1. The van der Waals surface area contributed by atoms with Crippen molar-refractivity contribution in [3.8, 4) is 0 Å². The third-order valence-electron chi connectivity index (χ3n) is 1.96. The van der Waals surface area contributed by atoms with E-state index in [2.05, 4.69) is 5.16 Å². The molecule has 0 aliphatic carbocycles. The zero-order valence-electron chi connectivity index (χ0n) is 7.48. The molecule has 1 aromatic carbocycles. The number of oxime groups is 1. The number of hydrogen-bond donors (Lipinski definition) is 1. The molecular weight excluding hydrogens is 201 g/mol. The first-order valence-corrected chi connectivity index (χ1v) is 4.11. The summed E-state index contributed by atoms with van der Waals surface area (Å²) in [6.45, 7) is 0. The number of rotatable bonds is 1. The smallest absolute Gasteiger partial charge is 0.201 e. The molecule has 2 rings (SSSR count). The van der Waals surface area contributed by atoms with Gasteiger partial charge in [-0.15, -0.1) is 0 Å². The Kier molecular flexibility index (Phi) is 2.21. The van der Waals surface area contributed by atoms with Gasteiger partial charge in [0.2, 0.25) is 5.43 Å². The second-order valence-electron chi connectivity index (χ2n) is 2.91. The van der Waals surface area contributed by atoms with Crippen LogP contribution in [0.3, 0.4) is 0 Å². The SMILES string of the molecule is O=c1c(/C=N\O)coc2ccc(F)cc12. The number of hydrogen-bond acceptors (Lipinski definition) is 4. The molecule has 0 bridgehead atoms. The highest BCUT2D eigenvalue weighted by molar-refractivity contribution is 5.85. The molecule has 0 spiro atoms. The second kappa shape index (κ2) is 3.53. The van der Waals surface area contributed by atoms with E-state index in [1.165, 1.54) is 12.1 Å². The standard InChI is InChI=1S/C10H6FNO3/c11-7-1-2-9-8(3-7)10(13)6(4-12-14)5-15-9/h1-5,14H/b12-4-. The van der Waals surface area contributed by atoms with Crippen LogP contribution in [0.2, 0.25) is 0 Å². The highest BCUT2D eigenvalue weighted by atomic mass is 19.1. The average Bonchev–Trinajstić information content (AvgIpc) is 2.23. The summed E-state index contributed by atoms with van der Waals surface area (Å²) in [5, 5.41) is 11.1. The molecule has 1 N–H and O–H groups in total. The Hall–Kier alpha value is -2.17. The van der Waals surface area contributed by atoms with Crippen LogP contribution in [0.4, 0.5) is 4.39 Å². The summed E-state index contributed by atoms with van der Waals surface area (Å²) in [6, 6.07) is 3.65. The van der Waals surface area contributed by atoms with Crippen molar-refractivity contribution in [3.63, 3.8) is 0 Å². The van der Waals surface area contributed by atoms with Crippen molar-refractivity contribution in [3.05, 3.63) is 46.1 Å². The van der Waals surface area contributed by atoms with E-state index in [0.717, 1.165) is 18.5 Å². The van der Waals surface area contributed by atoms with E-state index in [1.54, 1.807) is 0 Å². The molecule has 76 valence electrons. The normalized spacial score (nSPS) is 11.3. The van der Waals surface area contributed by atoms with E-state index in [-0.39, 0.29) is 16.5 Å². The Morgan fingerprint density at radius 2 is 2.27 bits per heavy atom. The van der Waals surface area contributed by atoms with Crippen molar-refractivity contribution in [1.29, 1.82) is 0 Å². The van der Waals surface area contributed by atoms with Gasteiger partial charge in [0.15, 0.2) is 0 Å². The molecule has 0 atom stereocenters. The minimum absolute atomic E-state index is 0.0654. The van der Waals surface area contributed by atoms with Gasteiger partial charge in [0, 0.05) is 0 Å². The van der Waals surface area contributed by atoms with Crippen molar-refractivity contribution in [2.75, 3.05) is 0 Å². The summed E-state index contributed by atoms with van der Waals surface area (Å²) in [4.78, 5) is 11.6. The van der Waals surface area contributed by atoms with E-state index in [9.17, 15) is 9.18 Å². The van der Waals surface area contributed by atoms with Crippen LogP contribution in [0.15, 0.2) is 38.8 Å². The van der Waals surface area contributed by atoms with E-state index >= 15 is 0 Å². The molecule has 0 radical (unpaired) electrons. The van der Waals surface area contributed by atoms with Gasteiger partial charge in [0.05, 0.1) is 17.2 Å². The summed E-state index contributed by atoms with van der Waals surface area (Å²) in [7, 11) is 0. The van der Waals surface area contributed by atoms with Gasteiger partial charge in [-0.05, 0) is 18.2 Å². The predicted octanol–water partition coefficient (Wildman–Crippen LogP) is 1.74. The molecule has 0 unspecified atom stereocenters. The lowest BCUT2D eigenvalue weighted by molar-refractivity contribution is 0.321. The van der Waals surface area contributed by atoms with Gasteiger partial charge in [0.1, 0.15) is 17.7 Å². The van der Waals surface area contributed by atoms with Gasteiger partial charge in [-0.2, -0.15) is 0 Å². The van der Waals surface area contributed by atoms with E-state index in [1.807, 2.05) is 0 Å². The van der Waals surface area contributed by atoms with Crippen molar-refractivity contribution in [2.45, 2.75) is 0 Å². The zero-order valence-corrected chi connectivity index (χ0v) is 7.48. The maximum Gasteiger partial charge on any atom is 0.201 e. The quantitative estimate of drug-likeness (QED) is 0.440. The topological polar surface area (TPSA) is 62.8 Å². The Bertz CT molecular complexity index is 589. The number of fused-ring (bicyclic) bond motifs is 1. The first-order chi connectivity index (χ1) is 7.22. The van der Waals surface area contributed by atoms with Gasteiger partial charge < -0.3 is 9.62 Å². The Morgan fingerprint density at radius 1 is 1.47 bits per heavy atom. The minimum Gasteiger partial charge on any atom is -0.463 e. The first kappa shape index (κ1) is 9.39. The van der Waals surface area contributed by atoms with Crippen molar-refractivity contribution < 1.29 is 14.0 Å². The summed E-state index contributed by atoms with van der Waals surface area (Å²) >= 11 is 0. The van der Waals surface area contributed by atoms with Crippen molar-refractivity contribution >= 4 is 17.2 Å².